The number of nitrogens with two attached hydrogens (primary N) is 1. The van der Waals surface area contributed by atoms with Crippen molar-refractivity contribution in [2.24, 2.45) is 0 Å². The summed E-state index contributed by atoms with van der Waals surface area (Å²) in [4.78, 5) is 15.2. The summed E-state index contributed by atoms with van der Waals surface area (Å²) in [7, 11) is 0. The van der Waals surface area contributed by atoms with Gasteiger partial charge in [-0.15, -0.1) is 11.3 Å². The van der Waals surface area contributed by atoms with E-state index >= 15 is 0 Å². The van der Waals surface area contributed by atoms with E-state index in [1.807, 2.05) is 18.2 Å². The zero-order valence-corrected chi connectivity index (χ0v) is 12.9. The van der Waals surface area contributed by atoms with Gasteiger partial charge in [0.2, 0.25) is 0 Å². The number of carbonyl (C=O) groups excluding carboxylic acids is 1. The van der Waals surface area contributed by atoms with Gasteiger partial charge in [0, 0.05) is 27.9 Å². The number of benzene rings is 1. The Labute approximate surface area is 124 Å². The van der Waals surface area contributed by atoms with Crippen molar-refractivity contribution in [2.45, 2.75) is 33.4 Å². The number of hydrogen-bond acceptors (Lipinski definition) is 4. The highest BCUT2D eigenvalue weighted by atomic mass is 32.1. The first-order valence-electron chi connectivity index (χ1n) is 6.68. The van der Waals surface area contributed by atoms with Crippen LogP contribution in [0.25, 0.3) is 0 Å². The van der Waals surface area contributed by atoms with E-state index in [-0.39, 0.29) is 5.78 Å². The lowest BCUT2D eigenvalue weighted by Gasteiger charge is -2.29. The van der Waals surface area contributed by atoms with Crippen LogP contribution in [0.1, 0.15) is 36.0 Å². The summed E-state index contributed by atoms with van der Waals surface area (Å²) in [5.41, 5.74) is 8.04. The first-order valence-corrected chi connectivity index (χ1v) is 7.56. The van der Waals surface area contributed by atoms with Crippen molar-refractivity contribution < 1.29 is 4.79 Å². The topological polar surface area (TPSA) is 46.3 Å². The highest BCUT2D eigenvalue weighted by Crippen LogP contribution is 2.26. The average molecular weight is 288 g/mol. The van der Waals surface area contributed by atoms with Crippen LogP contribution in [-0.4, -0.2) is 11.8 Å². The minimum atomic E-state index is 0.00387. The fourth-order valence-electron chi connectivity index (χ4n) is 2.17. The Balaban J connectivity index is 2.34. The monoisotopic (exact) mass is 288 g/mol. The van der Waals surface area contributed by atoms with Gasteiger partial charge < -0.3 is 10.6 Å². The van der Waals surface area contributed by atoms with Crippen molar-refractivity contribution in [3.05, 3.63) is 46.2 Å². The molecule has 1 aromatic heterocycles. The molecule has 106 valence electrons. The maximum atomic E-state index is 11.6. The highest BCUT2D eigenvalue weighted by Gasteiger charge is 2.14. The third-order valence-electron chi connectivity index (χ3n) is 3.28. The van der Waals surface area contributed by atoms with E-state index in [2.05, 4.69) is 36.3 Å². The van der Waals surface area contributed by atoms with Crippen molar-refractivity contribution in [2.75, 3.05) is 10.6 Å². The van der Waals surface area contributed by atoms with Crippen LogP contribution in [0, 0.1) is 0 Å². The summed E-state index contributed by atoms with van der Waals surface area (Å²) < 4.78 is 0. The Morgan fingerprint density at radius 2 is 2.10 bits per heavy atom. The molecular weight excluding hydrogens is 268 g/mol. The van der Waals surface area contributed by atoms with Crippen molar-refractivity contribution >= 4 is 28.5 Å². The largest absolute Gasteiger partial charge is 0.398 e. The van der Waals surface area contributed by atoms with Crippen LogP contribution in [0.15, 0.2) is 35.7 Å². The number of thiophene rings is 1. The van der Waals surface area contributed by atoms with E-state index in [1.54, 1.807) is 18.3 Å². The minimum absolute atomic E-state index is 0.00387. The first-order chi connectivity index (χ1) is 9.49. The number of nitrogen functional groups attached to an aromatic ring is 1. The molecule has 2 N–H and O–H groups in total. The molecule has 20 heavy (non-hydrogen) atoms. The molecule has 0 aliphatic heterocycles. The Hall–Kier alpha value is -1.81. The SMILES string of the molecule is CC(=O)c1cc(N(Cc2cccs2)C(C)C)ccc1N. The lowest BCUT2D eigenvalue weighted by Crippen LogP contribution is -2.30. The molecule has 0 spiro atoms. The standard InChI is InChI=1S/C16H20N2OS/c1-11(2)18(10-14-5-4-8-20-14)13-6-7-16(17)15(9-13)12(3)19/h4-9,11H,10,17H2,1-3H3. The van der Waals surface area contributed by atoms with Crippen LogP contribution >= 0.6 is 11.3 Å². The maximum absolute atomic E-state index is 11.6. The van der Waals surface area contributed by atoms with Crippen molar-refractivity contribution in [1.82, 2.24) is 0 Å². The summed E-state index contributed by atoms with van der Waals surface area (Å²) in [5, 5.41) is 2.08. The molecule has 3 nitrogen and oxygen atoms in total. The van der Waals surface area contributed by atoms with Crippen molar-refractivity contribution in [3.8, 4) is 0 Å². The van der Waals surface area contributed by atoms with Gasteiger partial charge in [-0.1, -0.05) is 6.07 Å². The first kappa shape index (κ1) is 14.6. The molecule has 0 saturated heterocycles. The van der Waals surface area contributed by atoms with E-state index in [1.165, 1.54) is 4.88 Å². The predicted molar refractivity (Wildman–Crippen MR) is 86.5 cm³/mol. The van der Waals surface area contributed by atoms with E-state index < -0.39 is 0 Å². The molecule has 0 radical (unpaired) electrons. The summed E-state index contributed by atoms with van der Waals surface area (Å²) in [6.07, 6.45) is 0. The van der Waals surface area contributed by atoms with Gasteiger partial charge in [-0.3, -0.25) is 4.79 Å². The number of ketones is 1. The van der Waals surface area contributed by atoms with Crippen LogP contribution in [0.4, 0.5) is 11.4 Å². The highest BCUT2D eigenvalue weighted by molar-refractivity contribution is 7.09. The van der Waals surface area contributed by atoms with Crippen LogP contribution in [-0.2, 0) is 6.54 Å². The molecule has 4 heteroatoms. The fraction of sp³-hybridized carbons (Fsp3) is 0.312. The Morgan fingerprint density at radius 1 is 1.35 bits per heavy atom. The molecule has 0 fully saturated rings. The van der Waals surface area contributed by atoms with Crippen molar-refractivity contribution in [3.63, 3.8) is 0 Å². The van der Waals surface area contributed by atoms with Gasteiger partial charge in [-0.25, -0.2) is 0 Å². The molecule has 0 aliphatic rings. The predicted octanol–water partition coefficient (Wildman–Crippen LogP) is 3.95. The molecular formula is C16H20N2OS. The molecule has 0 atom stereocenters. The molecule has 0 aliphatic carbocycles. The second kappa shape index (κ2) is 6.09. The van der Waals surface area contributed by atoms with Gasteiger partial charge in [-0.2, -0.15) is 0 Å². The fourth-order valence-corrected chi connectivity index (χ4v) is 2.87. The van der Waals surface area contributed by atoms with E-state index in [0.717, 1.165) is 12.2 Å². The van der Waals surface area contributed by atoms with E-state index in [0.29, 0.717) is 17.3 Å². The average Bonchev–Trinajstić information content (AvgIpc) is 2.89. The summed E-state index contributed by atoms with van der Waals surface area (Å²) >= 11 is 1.74. The lowest BCUT2D eigenvalue weighted by molar-refractivity contribution is 0.101. The number of nitrogens with zero attached hydrogens (tertiary/aromatic N) is 1. The zero-order chi connectivity index (χ0) is 14.7. The summed E-state index contributed by atoms with van der Waals surface area (Å²) in [6.45, 7) is 6.69. The smallest absolute Gasteiger partial charge is 0.161 e. The summed E-state index contributed by atoms with van der Waals surface area (Å²) in [5.74, 6) is 0.00387. The second-order valence-electron chi connectivity index (χ2n) is 5.13. The molecule has 0 bridgehead atoms. The molecule has 1 heterocycles. The molecule has 2 aromatic rings. The third kappa shape index (κ3) is 3.20. The Morgan fingerprint density at radius 3 is 2.65 bits per heavy atom. The Kier molecular flexibility index (Phi) is 4.45. The quantitative estimate of drug-likeness (QED) is 0.669. The lowest BCUT2D eigenvalue weighted by atomic mass is 10.1. The minimum Gasteiger partial charge on any atom is -0.398 e. The van der Waals surface area contributed by atoms with Crippen LogP contribution in [0.2, 0.25) is 0 Å². The van der Waals surface area contributed by atoms with E-state index in [9.17, 15) is 4.79 Å². The number of carbonyl (C=O) groups is 1. The van der Waals surface area contributed by atoms with E-state index in [4.69, 9.17) is 5.73 Å². The Bertz CT molecular complexity index is 591. The van der Waals surface area contributed by atoms with Crippen LogP contribution in [0.5, 0.6) is 0 Å². The van der Waals surface area contributed by atoms with Crippen LogP contribution < -0.4 is 10.6 Å². The maximum Gasteiger partial charge on any atom is 0.161 e. The number of hydrogen-bond donors (Lipinski definition) is 1. The van der Waals surface area contributed by atoms with Gasteiger partial charge in [0.05, 0.1) is 6.54 Å². The molecule has 0 unspecified atom stereocenters. The van der Waals surface area contributed by atoms with Gasteiger partial charge in [0.15, 0.2) is 5.78 Å². The van der Waals surface area contributed by atoms with Gasteiger partial charge in [-0.05, 0) is 50.4 Å². The number of anilines is 2. The normalized spacial score (nSPS) is 10.8. The molecule has 1 aromatic carbocycles. The van der Waals surface area contributed by atoms with Gasteiger partial charge in [0.25, 0.3) is 0 Å². The van der Waals surface area contributed by atoms with Crippen LogP contribution in [0.3, 0.4) is 0 Å². The molecule has 2 rings (SSSR count). The zero-order valence-electron chi connectivity index (χ0n) is 12.1. The van der Waals surface area contributed by atoms with Gasteiger partial charge >= 0.3 is 0 Å². The second-order valence-corrected chi connectivity index (χ2v) is 6.16. The number of rotatable bonds is 5. The van der Waals surface area contributed by atoms with Gasteiger partial charge in [0.1, 0.15) is 0 Å². The third-order valence-corrected chi connectivity index (χ3v) is 4.14. The molecule has 0 saturated carbocycles. The number of Topliss-reactive ketones (excluding diaryl/α,β-unsaturated/α-hetero) is 1. The summed E-state index contributed by atoms with van der Waals surface area (Å²) in [6, 6.07) is 10.2. The molecule has 0 amide bonds. The van der Waals surface area contributed by atoms with Crippen molar-refractivity contribution in [1.29, 1.82) is 0 Å².